The lowest BCUT2D eigenvalue weighted by atomic mass is 10.1. The molecular formula is C14H23N3. The summed E-state index contributed by atoms with van der Waals surface area (Å²) < 4.78 is 0. The molecular weight excluding hydrogens is 210 g/mol. The average Bonchev–Trinajstić information content (AvgIpc) is 2.40. The minimum atomic E-state index is 0.644. The molecule has 2 rings (SSSR count). The highest BCUT2D eigenvalue weighted by Crippen LogP contribution is 2.12. The van der Waals surface area contributed by atoms with Crippen LogP contribution in [0, 0.1) is 0 Å². The van der Waals surface area contributed by atoms with Gasteiger partial charge in [-0.3, -0.25) is 4.90 Å². The van der Waals surface area contributed by atoms with Crippen molar-refractivity contribution in [3.8, 4) is 0 Å². The maximum Gasteiger partial charge on any atom is 0.0238 e. The number of likely N-dealkylation sites (N-methyl/N-ethyl adjacent to an activating group) is 1. The fraction of sp³-hybridized carbons (Fsp3) is 0.571. The third kappa shape index (κ3) is 3.28. The highest BCUT2D eigenvalue weighted by Gasteiger charge is 2.16. The van der Waals surface area contributed by atoms with Crippen LogP contribution in [-0.2, 0) is 13.1 Å². The van der Waals surface area contributed by atoms with Crippen molar-refractivity contribution in [1.82, 2.24) is 9.80 Å². The Labute approximate surface area is 104 Å². The SMILES string of the molecule is CCN1CCN(Cc2ccccc2CN)CC1. The lowest BCUT2D eigenvalue weighted by Crippen LogP contribution is -2.45. The molecule has 1 heterocycles. The van der Waals surface area contributed by atoms with E-state index in [0.717, 1.165) is 6.54 Å². The maximum atomic E-state index is 5.77. The molecule has 0 radical (unpaired) electrons. The summed E-state index contributed by atoms with van der Waals surface area (Å²) >= 11 is 0. The molecule has 1 saturated heterocycles. The summed E-state index contributed by atoms with van der Waals surface area (Å²) in [5, 5.41) is 0. The molecule has 0 amide bonds. The van der Waals surface area contributed by atoms with Crippen molar-refractivity contribution in [3.63, 3.8) is 0 Å². The zero-order valence-corrected chi connectivity index (χ0v) is 10.7. The van der Waals surface area contributed by atoms with Gasteiger partial charge in [-0.1, -0.05) is 31.2 Å². The molecule has 17 heavy (non-hydrogen) atoms. The van der Waals surface area contributed by atoms with E-state index < -0.39 is 0 Å². The van der Waals surface area contributed by atoms with Crippen molar-refractivity contribution >= 4 is 0 Å². The first-order valence-electron chi connectivity index (χ1n) is 6.55. The Morgan fingerprint density at radius 2 is 1.59 bits per heavy atom. The van der Waals surface area contributed by atoms with E-state index in [4.69, 9.17) is 5.73 Å². The molecule has 3 heteroatoms. The summed E-state index contributed by atoms with van der Waals surface area (Å²) in [6, 6.07) is 8.52. The number of rotatable bonds is 4. The normalized spacial score (nSPS) is 18.5. The molecule has 0 bridgehead atoms. The van der Waals surface area contributed by atoms with Crippen LogP contribution in [0.5, 0.6) is 0 Å². The monoisotopic (exact) mass is 233 g/mol. The van der Waals surface area contributed by atoms with Gasteiger partial charge in [-0.25, -0.2) is 0 Å². The molecule has 1 aromatic carbocycles. The van der Waals surface area contributed by atoms with Gasteiger partial charge in [0.05, 0.1) is 0 Å². The Kier molecular flexibility index (Phi) is 4.54. The molecule has 0 aromatic heterocycles. The van der Waals surface area contributed by atoms with Crippen molar-refractivity contribution in [3.05, 3.63) is 35.4 Å². The Morgan fingerprint density at radius 3 is 2.18 bits per heavy atom. The van der Waals surface area contributed by atoms with Gasteiger partial charge in [-0.2, -0.15) is 0 Å². The molecule has 1 aliphatic rings. The first kappa shape index (κ1) is 12.6. The van der Waals surface area contributed by atoms with Gasteiger partial charge in [-0.05, 0) is 17.7 Å². The van der Waals surface area contributed by atoms with Crippen LogP contribution in [0.15, 0.2) is 24.3 Å². The van der Waals surface area contributed by atoms with Gasteiger partial charge in [0.1, 0.15) is 0 Å². The molecule has 0 atom stereocenters. The molecule has 1 fully saturated rings. The summed E-state index contributed by atoms with van der Waals surface area (Å²) in [6.45, 7) is 9.84. The van der Waals surface area contributed by atoms with Crippen molar-refractivity contribution in [2.24, 2.45) is 5.73 Å². The lowest BCUT2D eigenvalue weighted by Gasteiger charge is -2.34. The van der Waals surface area contributed by atoms with Gasteiger partial charge in [0, 0.05) is 39.3 Å². The summed E-state index contributed by atoms with van der Waals surface area (Å²) in [7, 11) is 0. The van der Waals surface area contributed by atoms with E-state index >= 15 is 0 Å². The van der Waals surface area contributed by atoms with Crippen LogP contribution in [0.4, 0.5) is 0 Å². The molecule has 1 aromatic rings. The zero-order valence-electron chi connectivity index (χ0n) is 10.7. The summed E-state index contributed by atoms with van der Waals surface area (Å²) in [5.74, 6) is 0. The second kappa shape index (κ2) is 6.15. The van der Waals surface area contributed by atoms with Crippen LogP contribution in [0.3, 0.4) is 0 Å². The fourth-order valence-corrected chi connectivity index (χ4v) is 2.42. The maximum absolute atomic E-state index is 5.77. The Balaban J connectivity index is 1.93. The van der Waals surface area contributed by atoms with Crippen molar-refractivity contribution < 1.29 is 0 Å². The third-order valence-electron chi connectivity index (χ3n) is 3.64. The summed E-state index contributed by atoms with van der Waals surface area (Å²) in [4.78, 5) is 5.03. The largest absolute Gasteiger partial charge is 0.326 e. The van der Waals surface area contributed by atoms with Crippen LogP contribution >= 0.6 is 0 Å². The van der Waals surface area contributed by atoms with E-state index in [1.807, 2.05) is 0 Å². The zero-order chi connectivity index (χ0) is 12.1. The fourth-order valence-electron chi connectivity index (χ4n) is 2.42. The minimum Gasteiger partial charge on any atom is -0.326 e. The number of benzene rings is 1. The van der Waals surface area contributed by atoms with Gasteiger partial charge < -0.3 is 10.6 Å². The molecule has 0 aliphatic carbocycles. The van der Waals surface area contributed by atoms with Crippen LogP contribution in [-0.4, -0.2) is 42.5 Å². The molecule has 0 unspecified atom stereocenters. The third-order valence-corrected chi connectivity index (χ3v) is 3.64. The van der Waals surface area contributed by atoms with E-state index in [1.165, 1.54) is 43.9 Å². The Bertz CT molecular complexity index is 343. The van der Waals surface area contributed by atoms with Crippen molar-refractivity contribution in [2.75, 3.05) is 32.7 Å². The van der Waals surface area contributed by atoms with Crippen molar-refractivity contribution in [1.29, 1.82) is 0 Å². The Hall–Kier alpha value is -0.900. The smallest absolute Gasteiger partial charge is 0.0238 e. The second-order valence-electron chi connectivity index (χ2n) is 4.68. The van der Waals surface area contributed by atoms with Gasteiger partial charge >= 0.3 is 0 Å². The molecule has 0 spiro atoms. The average molecular weight is 233 g/mol. The minimum absolute atomic E-state index is 0.644. The standard InChI is InChI=1S/C14H23N3/c1-2-16-7-9-17(10-8-16)12-14-6-4-3-5-13(14)11-15/h3-6H,2,7-12,15H2,1H3. The lowest BCUT2D eigenvalue weighted by molar-refractivity contribution is 0.131. The van der Waals surface area contributed by atoms with Crippen LogP contribution in [0.2, 0.25) is 0 Å². The number of piperazine rings is 1. The first-order chi connectivity index (χ1) is 8.33. The summed E-state index contributed by atoms with van der Waals surface area (Å²) in [6.07, 6.45) is 0. The van der Waals surface area contributed by atoms with Crippen LogP contribution in [0.1, 0.15) is 18.1 Å². The number of hydrogen-bond acceptors (Lipinski definition) is 3. The second-order valence-corrected chi connectivity index (χ2v) is 4.68. The van der Waals surface area contributed by atoms with E-state index in [0.29, 0.717) is 6.54 Å². The Morgan fingerprint density at radius 1 is 1.00 bits per heavy atom. The number of nitrogens with zero attached hydrogens (tertiary/aromatic N) is 2. The molecule has 0 saturated carbocycles. The quantitative estimate of drug-likeness (QED) is 0.850. The van der Waals surface area contributed by atoms with E-state index in [-0.39, 0.29) is 0 Å². The number of hydrogen-bond donors (Lipinski definition) is 1. The molecule has 94 valence electrons. The van der Waals surface area contributed by atoms with Gasteiger partial charge in [0.15, 0.2) is 0 Å². The van der Waals surface area contributed by atoms with Gasteiger partial charge in [0.25, 0.3) is 0 Å². The van der Waals surface area contributed by atoms with E-state index in [9.17, 15) is 0 Å². The predicted molar refractivity (Wildman–Crippen MR) is 71.7 cm³/mol. The summed E-state index contributed by atoms with van der Waals surface area (Å²) in [5.41, 5.74) is 8.44. The number of nitrogens with two attached hydrogens (primary N) is 1. The topological polar surface area (TPSA) is 32.5 Å². The molecule has 1 aliphatic heterocycles. The van der Waals surface area contributed by atoms with E-state index in [2.05, 4.69) is 41.0 Å². The highest BCUT2D eigenvalue weighted by atomic mass is 15.3. The van der Waals surface area contributed by atoms with Gasteiger partial charge in [-0.15, -0.1) is 0 Å². The predicted octanol–water partition coefficient (Wildman–Crippen LogP) is 1.28. The highest BCUT2D eigenvalue weighted by molar-refractivity contribution is 5.26. The van der Waals surface area contributed by atoms with Crippen LogP contribution in [0.25, 0.3) is 0 Å². The molecule has 2 N–H and O–H groups in total. The molecule has 3 nitrogen and oxygen atoms in total. The van der Waals surface area contributed by atoms with E-state index in [1.54, 1.807) is 0 Å². The van der Waals surface area contributed by atoms with Gasteiger partial charge in [0.2, 0.25) is 0 Å². The first-order valence-corrected chi connectivity index (χ1v) is 6.55. The van der Waals surface area contributed by atoms with Crippen molar-refractivity contribution in [2.45, 2.75) is 20.0 Å². The van der Waals surface area contributed by atoms with Crippen LogP contribution < -0.4 is 5.73 Å².